The zero-order valence-corrected chi connectivity index (χ0v) is 21.6. The number of aromatic nitrogens is 2. The topological polar surface area (TPSA) is 91.6 Å². The van der Waals surface area contributed by atoms with E-state index in [0.717, 1.165) is 11.6 Å². The summed E-state index contributed by atoms with van der Waals surface area (Å²) >= 11 is 7.04. The molecule has 0 spiro atoms. The summed E-state index contributed by atoms with van der Waals surface area (Å²) in [5.74, 6) is -0.488. The monoisotopic (exact) mass is 562 g/mol. The van der Waals surface area contributed by atoms with Crippen molar-refractivity contribution in [1.29, 1.82) is 0 Å². The van der Waals surface area contributed by atoms with Gasteiger partial charge in [-0.05, 0) is 53.2 Å². The molecular weight excluding hydrogens is 541 g/mol. The van der Waals surface area contributed by atoms with Gasteiger partial charge >= 0.3 is 6.18 Å². The minimum atomic E-state index is -4.54. The molecule has 2 aliphatic heterocycles. The molecule has 198 valence electrons. The fourth-order valence-electron chi connectivity index (χ4n) is 4.39. The molecule has 1 fully saturated rings. The Balaban J connectivity index is 1.33. The smallest absolute Gasteiger partial charge is 0.358 e. The van der Waals surface area contributed by atoms with Gasteiger partial charge in [0.1, 0.15) is 6.04 Å². The molecule has 5 rings (SSSR count). The van der Waals surface area contributed by atoms with E-state index in [2.05, 4.69) is 20.7 Å². The van der Waals surface area contributed by atoms with Crippen LogP contribution in [0.25, 0.3) is 17.0 Å². The summed E-state index contributed by atoms with van der Waals surface area (Å²) in [6.07, 6.45) is -1.24. The third kappa shape index (κ3) is 5.42. The number of nitrogens with zero attached hydrogens (tertiary/aromatic N) is 4. The number of amides is 2. The van der Waals surface area contributed by atoms with Crippen LogP contribution in [0.1, 0.15) is 16.7 Å². The minimum Gasteiger partial charge on any atom is -0.358 e. The van der Waals surface area contributed by atoms with Gasteiger partial charge in [0.15, 0.2) is 5.17 Å². The Morgan fingerprint density at radius 2 is 2.11 bits per heavy atom. The van der Waals surface area contributed by atoms with Gasteiger partial charge < -0.3 is 15.5 Å². The summed E-state index contributed by atoms with van der Waals surface area (Å²) in [6, 6.07) is 8.65. The quantitative estimate of drug-likeness (QED) is 0.471. The van der Waals surface area contributed by atoms with Crippen molar-refractivity contribution < 1.29 is 22.8 Å². The number of amidine groups is 1. The first-order chi connectivity index (χ1) is 18.1. The first-order valence-electron chi connectivity index (χ1n) is 11.7. The number of hydrogen-bond donors (Lipinski definition) is 2. The number of carbonyl (C=O) groups is 2. The third-order valence-electron chi connectivity index (χ3n) is 6.28. The van der Waals surface area contributed by atoms with Gasteiger partial charge in [-0.3, -0.25) is 14.3 Å². The number of aliphatic imine (C=N–C) groups is 1. The fraction of sp³-hybridized carbons (Fsp3) is 0.280. The van der Waals surface area contributed by atoms with E-state index < -0.39 is 11.7 Å². The first-order valence-corrected chi connectivity index (χ1v) is 12.9. The van der Waals surface area contributed by atoms with Crippen LogP contribution < -0.4 is 10.6 Å². The van der Waals surface area contributed by atoms with Crippen LogP contribution in [0, 0.1) is 0 Å². The largest absolute Gasteiger partial charge is 0.416 e. The summed E-state index contributed by atoms with van der Waals surface area (Å²) in [4.78, 5) is 31.1. The van der Waals surface area contributed by atoms with Crippen molar-refractivity contribution in [3.05, 3.63) is 69.2 Å². The highest BCUT2D eigenvalue weighted by Crippen LogP contribution is 2.35. The van der Waals surface area contributed by atoms with E-state index in [4.69, 9.17) is 11.6 Å². The molecule has 38 heavy (non-hydrogen) atoms. The molecule has 0 radical (unpaired) electrons. The zero-order valence-electron chi connectivity index (χ0n) is 20.1. The van der Waals surface area contributed by atoms with Crippen LogP contribution in [0.15, 0.2) is 52.5 Å². The lowest BCUT2D eigenvalue weighted by molar-refractivity contribution is -0.138. The van der Waals surface area contributed by atoms with Crippen LogP contribution >= 0.6 is 23.4 Å². The molecule has 0 bridgehead atoms. The Bertz CT molecular complexity index is 1490. The highest BCUT2D eigenvalue weighted by Gasteiger charge is 2.34. The number of fused-ring (bicyclic) bond motifs is 1. The summed E-state index contributed by atoms with van der Waals surface area (Å²) in [5, 5.41) is 11.3. The summed E-state index contributed by atoms with van der Waals surface area (Å²) < 4.78 is 42.0. The average Bonchev–Trinajstić information content (AvgIpc) is 3.46. The van der Waals surface area contributed by atoms with Gasteiger partial charge in [-0.25, -0.2) is 0 Å². The molecule has 2 N–H and O–H groups in total. The second-order valence-corrected chi connectivity index (χ2v) is 10.2. The molecule has 3 aromatic rings. The van der Waals surface area contributed by atoms with Gasteiger partial charge in [-0.2, -0.15) is 23.3 Å². The Labute approximate surface area is 224 Å². The van der Waals surface area contributed by atoms with Crippen molar-refractivity contribution in [3.63, 3.8) is 0 Å². The van der Waals surface area contributed by atoms with Gasteiger partial charge in [-0.1, -0.05) is 23.7 Å². The molecule has 0 saturated carbocycles. The van der Waals surface area contributed by atoms with E-state index in [1.165, 1.54) is 28.6 Å². The van der Waals surface area contributed by atoms with E-state index in [1.54, 1.807) is 31.5 Å². The van der Waals surface area contributed by atoms with Gasteiger partial charge in [0, 0.05) is 37.1 Å². The summed E-state index contributed by atoms with van der Waals surface area (Å²) in [5.41, 5.74) is 0.644. The Morgan fingerprint density at radius 3 is 2.87 bits per heavy atom. The lowest BCUT2D eigenvalue weighted by Gasteiger charge is -2.33. The molecule has 0 aliphatic carbocycles. The number of likely N-dealkylation sites (N-methyl/N-ethyl adjacent to an activating group) is 1. The Kier molecular flexibility index (Phi) is 7.21. The SMILES string of the molecule is CNC(=O)[C@H]1CN(C2=NC(=O)/C(=C\c3ccc4c(cnn4Cc4ccc(Cl)cc4C(F)(F)F)c3)S2)CCN1. The van der Waals surface area contributed by atoms with Crippen LogP contribution in [0.4, 0.5) is 13.2 Å². The molecular formula is C25H22ClF3N6O2S. The van der Waals surface area contributed by atoms with Crippen LogP contribution in [-0.4, -0.2) is 64.4 Å². The predicted molar refractivity (Wildman–Crippen MR) is 141 cm³/mol. The molecule has 2 amide bonds. The number of carbonyl (C=O) groups excluding carboxylic acids is 2. The number of halogens is 4. The van der Waals surface area contributed by atoms with E-state index in [1.807, 2.05) is 11.0 Å². The third-order valence-corrected chi connectivity index (χ3v) is 7.56. The number of hydrogen-bond acceptors (Lipinski definition) is 6. The number of piperazine rings is 1. The van der Waals surface area contributed by atoms with Crippen LogP contribution in [0.3, 0.4) is 0 Å². The Hall–Kier alpha value is -3.35. The normalized spacial score (nSPS) is 19.3. The van der Waals surface area contributed by atoms with Gasteiger partial charge in [0.2, 0.25) is 5.91 Å². The molecule has 1 aromatic heterocycles. The lowest BCUT2D eigenvalue weighted by Crippen LogP contribution is -2.57. The molecule has 13 heteroatoms. The van der Waals surface area contributed by atoms with Crippen LogP contribution in [0.2, 0.25) is 5.02 Å². The van der Waals surface area contributed by atoms with Crippen LogP contribution in [0.5, 0.6) is 0 Å². The standard InChI is InChI=1S/C25H22ClF3N6O2S/c1-30-22(36)19-13-34(7-6-31-19)24-33-23(37)21(38-24)9-14-2-5-20-16(8-14)11-32-35(20)12-15-3-4-17(26)10-18(15)25(27,28)29/h2-5,8-11,19,31H,6-7,12-13H2,1H3,(H,30,36)/b21-9+/t19-/m1/s1. The number of benzene rings is 2. The second-order valence-electron chi connectivity index (χ2n) is 8.80. The van der Waals surface area contributed by atoms with E-state index in [0.29, 0.717) is 40.6 Å². The van der Waals surface area contributed by atoms with Crippen molar-refractivity contribution >= 4 is 57.3 Å². The molecule has 8 nitrogen and oxygen atoms in total. The Morgan fingerprint density at radius 1 is 1.29 bits per heavy atom. The number of alkyl halides is 3. The molecule has 2 aliphatic rings. The highest BCUT2D eigenvalue weighted by atomic mass is 35.5. The van der Waals surface area contributed by atoms with E-state index in [9.17, 15) is 22.8 Å². The van der Waals surface area contributed by atoms with Crippen LogP contribution in [-0.2, 0) is 22.3 Å². The molecule has 0 unspecified atom stereocenters. The molecule has 3 heterocycles. The van der Waals surface area contributed by atoms with Crippen molar-refractivity contribution in [2.75, 3.05) is 26.7 Å². The second kappa shape index (κ2) is 10.4. The van der Waals surface area contributed by atoms with Crippen molar-refractivity contribution in [3.8, 4) is 0 Å². The number of nitrogens with one attached hydrogen (secondary N) is 2. The average molecular weight is 563 g/mol. The fourth-order valence-corrected chi connectivity index (χ4v) is 5.51. The number of rotatable bonds is 4. The van der Waals surface area contributed by atoms with Crippen molar-refractivity contribution in [1.82, 2.24) is 25.3 Å². The lowest BCUT2D eigenvalue weighted by atomic mass is 10.1. The summed E-state index contributed by atoms with van der Waals surface area (Å²) in [6.45, 7) is 1.53. The maximum atomic E-state index is 13.5. The highest BCUT2D eigenvalue weighted by molar-refractivity contribution is 8.18. The van der Waals surface area contributed by atoms with E-state index in [-0.39, 0.29) is 35.0 Å². The maximum Gasteiger partial charge on any atom is 0.416 e. The number of thioether (sulfide) groups is 1. The van der Waals surface area contributed by atoms with E-state index >= 15 is 0 Å². The van der Waals surface area contributed by atoms with Crippen molar-refractivity contribution in [2.45, 2.75) is 18.8 Å². The van der Waals surface area contributed by atoms with Gasteiger partial charge in [-0.15, -0.1) is 0 Å². The molecule has 1 atom stereocenters. The predicted octanol–water partition coefficient (Wildman–Crippen LogP) is 3.75. The first kappa shape index (κ1) is 26.3. The summed E-state index contributed by atoms with van der Waals surface area (Å²) in [7, 11) is 1.58. The van der Waals surface area contributed by atoms with Gasteiger partial charge in [0.05, 0.1) is 28.7 Å². The minimum absolute atomic E-state index is 0.0128. The molecule has 1 saturated heterocycles. The molecule has 2 aromatic carbocycles. The van der Waals surface area contributed by atoms with Gasteiger partial charge in [0.25, 0.3) is 5.91 Å². The zero-order chi connectivity index (χ0) is 27.0. The van der Waals surface area contributed by atoms with Crippen molar-refractivity contribution in [2.24, 2.45) is 4.99 Å². The maximum absolute atomic E-state index is 13.5.